The normalized spacial score (nSPS) is 10.8. The van der Waals surface area contributed by atoms with Crippen molar-refractivity contribution < 1.29 is 4.39 Å². The molecule has 4 heteroatoms. The zero-order valence-electron chi connectivity index (χ0n) is 5.97. The number of anilines is 1. The molecule has 0 unspecified atom stereocenters. The van der Waals surface area contributed by atoms with Crippen LogP contribution in [0, 0.1) is 5.82 Å². The monoisotopic (exact) mass is 201 g/mol. The van der Waals surface area contributed by atoms with Crippen molar-refractivity contribution in [3.05, 3.63) is 28.4 Å². The van der Waals surface area contributed by atoms with Crippen LogP contribution in [0.2, 0.25) is 5.02 Å². The Balaban J connectivity index is 2.98. The van der Waals surface area contributed by atoms with Gasteiger partial charge in [0.1, 0.15) is 5.82 Å². The standard InChI is InChI=1S/C8H5ClFNS/c9-4-1-2-6(11)7-5(10)3-12-8(4)7/h1-3H,11H2. The molecule has 0 bridgehead atoms. The number of halogens is 2. The molecule has 0 amide bonds. The maximum Gasteiger partial charge on any atom is 0.143 e. The van der Waals surface area contributed by atoms with Gasteiger partial charge in [0.2, 0.25) is 0 Å². The topological polar surface area (TPSA) is 26.0 Å². The van der Waals surface area contributed by atoms with Crippen LogP contribution in [0.5, 0.6) is 0 Å². The third kappa shape index (κ3) is 0.974. The van der Waals surface area contributed by atoms with E-state index in [0.29, 0.717) is 20.8 Å². The quantitative estimate of drug-likeness (QED) is 0.651. The van der Waals surface area contributed by atoms with Crippen LogP contribution in [0.1, 0.15) is 0 Å². The highest BCUT2D eigenvalue weighted by Crippen LogP contribution is 2.34. The van der Waals surface area contributed by atoms with E-state index < -0.39 is 0 Å². The van der Waals surface area contributed by atoms with Crippen molar-refractivity contribution in [2.45, 2.75) is 0 Å². The molecule has 0 aliphatic rings. The van der Waals surface area contributed by atoms with Crippen molar-refractivity contribution >= 4 is 38.7 Å². The summed E-state index contributed by atoms with van der Waals surface area (Å²) in [4.78, 5) is 0. The van der Waals surface area contributed by atoms with Gasteiger partial charge in [0.05, 0.1) is 15.1 Å². The van der Waals surface area contributed by atoms with Gasteiger partial charge in [-0.25, -0.2) is 4.39 Å². The molecule has 2 aromatic rings. The second kappa shape index (κ2) is 2.61. The number of fused-ring (bicyclic) bond motifs is 1. The number of rotatable bonds is 0. The Kier molecular flexibility index (Phi) is 1.70. The Morgan fingerprint density at radius 2 is 2.17 bits per heavy atom. The van der Waals surface area contributed by atoms with Crippen molar-refractivity contribution in [2.75, 3.05) is 5.73 Å². The predicted molar refractivity (Wildman–Crippen MR) is 51.2 cm³/mol. The molecule has 62 valence electrons. The van der Waals surface area contributed by atoms with Crippen molar-refractivity contribution in [3.63, 3.8) is 0 Å². The molecule has 1 aromatic carbocycles. The minimum Gasteiger partial charge on any atom is -0.398 e. The van der Waals surface area contributed by atoms with E-state index in [9.17, 15) is 4.39 Å². The fourth-order valence-corrected chi connectivity index (χ4v) is 2.25. The first-order chi connectivity index (χ1) is 5.70. The number of hydrogen-bond acceptors (Lipinski definition) is 2. The maximum absolute atomic E-state index is 13.1. The Morgan fingerprint density at radius 1 is 1.42 bits per heavy atom. The summed E-state index contributed by atoms with van der Waals surface area (Å²) in [6, 6.07) is 3.29. The van der Waals surface area contributed by atoms with E-state index in [1.165, 1.54) is 16.7 Å². The molecule has 0 radical (unpaired) electrons. The summed E-state index contributed by atoms with van der Waals surface area (Å²) in [6.45, 7) is 0. The second-order valence-electron chi connectivity index (χ2n) is 2.42. The predicted octanol–water partition coefficient (Wildman–Crippen LogP) is 3.28. The molecule has 0 aliphatic heterocycles. The van der Waals surface area contributed by atoms with E-state index in [4.69, 9.17) is 17.3 Å². The van der Waals surface area contributed by atoms with Crippen LogP contribution >= 0.6 is 22.9 Å². The zero-order valence-corrected chi connectivity index (χ0v) is 7.55. The van der Waals surface area contributed by atoms with E-state index in [-0.39, 0.29) is 5.82 Å². The molecule has 0 atom stereocenters. The molecule has 0 spiro atoms. The second-order valence-corrected chi connectivity index (χ2v) is 3.71. The van der Waals surface area contributed by atoms with Gasteiger partial charge in [-0.3, -0.25) is 0 Å². The van der Waals surface area contributed by atoms with Gasteiger partial charge in [-0.05, 0) is 12.1 Å². The number of nitrogen functional groups attached to an aromatic ring is 1. The molecule has 0 saturated carbocycles. The highest BCUT2D eigenvalue weighted by Gasteiger charge is 2.09. The van der Waals surface area contributed by atoms with Gasteiger partial charge in [0.15, 0.2) is 0 Å². The lowest BCUT2D eigenvalue weighted by atomic mass is 10.2. The fraction of sp³-hybridized carbons (Fsp3) is 0. The minimum atomic E-state index is -0.296. The van der Waals surface area contributed by atoms with Crippen LogP contribution in [-0.2, 0) is 0 Å². The summed E-state index contributed by atoms with van der Waals surface area (Å²) in [7, 11) is 0. The highest BCUT2D eigenvalue weighted by molar-refractivity contribution is 7.18. The van der Waals surface area contributed by atoms with Crippen molar-refractivity contribution in [1.82, 2.24) is 0 Å². The van der Waals surface area contributed by atoms with Crippen LogP contribution in [-0.4, -0.2) is 0 Å². The number of thiophene rings is 1. The van der Waals surface area contributed by atoms with Crippen molar-refractivity contribution in [2.24, 2.45) is 0 Å². The lowest BCUT2D eigenvalue weighted by molar-refractivity contribution is 0.644. The third-order valence-electron chi connectivity index (χ3n) is 1.66. The van der Waals surface area contributed by atoms with Crippen LogP contribution in [0.25, 0.3) is 10.1 Å². The Labute approximate surface area is 77.6 Å². The molecule has 2 N–H and O–H groups in total. The van der Waals surface area contributed by atoms with Gasteiger partial charge in [-0.1, -0.05) is 11.6 Å². The average Bonchev–Trinajstić information content (AvgIpc) is 2.42. The van der Waals surface area contributed by atoms with Gasteiger partial charge in [-0.2, -0.15) is 0 Å². The Bertz CT molecular complexity index is 438. The fourth-order valence-electron chi connectivity index (χ4n) is 1.10. The number of hydrogen-bond donors (Lipinski definition) is 1. The van der Waals surface area contributed by atoms with Gasteiger partial charge >= 0.3 is 0 Å². The molecule has 0 saturated heterocycles. The first-order valence-electron chi connectivity index (χ1n) is 3.31. The van der Waals surface area contributed by atoms with Gasteiger partial charge in [-0.15, -0.1) is 11.3 Å². The molecular formula is C8H5ClFNS. The molecule has 1 heterocycles. The SMILES string of the molecule is Nc1ccc(Cl)c2scc(F)c12. The maximum atomic E-state index is 13.1. The molecule has 0 aliphatic carbocycles. The van der Waals surface area contributed by atoms with E-state index in [2.05, 4.69) is 0 Å². The lowest BCUT2D eigenvalue weighted by Gasteiger charge is -1.97. The van der Waals surface area contributed by atoms with Crippen LogP contribution in [0.3, 0.4) is 0 Å². The van der Waals surface area contributed by atoms with Crippen molar-refractivity contribution in [3.8, 4) is 0 Å². The average molecular weight is 202 g/mol. The smallest absolute Gasteiger partial charge is 0.143 e. The third-order valence-corrected chi connectivity index (χ3v) is 3.07. The van der Waals surface area contributed by atoms with E-state index >= 15 is 0 Å². The van der Waals surface area contributed by atoms with Crippen LogP contribution in [0.15, 0.2) is 17.5 Å². The van der Waals surface area contributed by atoms with E-state index in [1.807, 2.05) is 0 Å². The molecular weight excluding hydrogens is 197 g/mol. The van der Waals surface area contributed by atoms with Gasteiger partial charge in [0.25, 0.3) is 0 Å². The van der Waals surface area contributed by atoms with Gasteiger partial charge < -0.3 is 5.73 Å². The number of nitrogens with two attached hydrogens (primary N) is 1. The summed E-state index contributed by atoms with van der Waals surface area (Å²) >= 11 is 7.10. The minimum absolute atomic E-state index is 0.296. The summed E-state index contributed by atoms with van der Waals surface area (Å²) < 4.78 is 13.8. The summed E-state index contributed by atoms with van der Waals surface area (Å²) in [5.41, 5.74) is 6.02. The van der Waals surface area contributed by atoms with Crippen LogP contribution in [0.4, 0.5) is 10.1 Å². The molecule has 12 heavy (non-hydrogen) atoms. The molecule has 1 nitrogen and oxygen atoms in total. The lowest BCUT2D eigenvalue weighted by Crippen LogP contribution is -1.85. The van der Waals surface area contributed by atoms with Gasteiger partial charge in [0, 0.05) is 11.1 Å². The largest absolute Gasteiger partial charge is 0.398 e. The molecule has 0 fully saturated rings. The first-order valence-corrected chi connectivity index (χ1v) is 4.56. The highest BCUT2D eigenvalue weighted by atomic mass is 35.5. The summed E-state index contributed by atoms with van der Waals surface area (Å²) in [6.07, 6.45) is 0. The zero-order chi connectivity index (χ0) is 8.72. The molecule has 2 rings (SSSR count). The van der Waals surface area contributed by atoms with Crippen LogP contribution < -0.4 is 5.73 Å². The number of benzene rings is 1. The van der Waals surface area contributed by atoms with Crippen molar-refractivity contribution in [1.29, 1.82) is 0 Å². The Morgan fingerprint density at radius 3 is 2.83 bits per heavy atom. The van der Waals surface area contributed by atoms with E-state index in [0.717, 1.165) is 0 Å². The summed E-state index contributed by atoms with van der Waals surface area (Å²) in [5.74, 6) is -0.296. The van der Waals surface area contributed by atoms with E-state index in [1.54, 1.807) is 12.1 Å². The summed E-state index contributed by atoms with van der Waals surface area (Å²) in [5, 5.41) is 2.40. The Hall–Kier alpha value is -0.800. The molecule has 1 aromatic heterocycles. The first kappa shape index (κ1) is 7.83.